The fourth-order valence-corrected chi connectivity index (χ4v) is 9.28. The second-order valence-electron chi connectivity index (χ2n) is 18.7. The summed E-state index contributed by atoms with van der Waals surface area (Å²) in [5, 5.41) is 23.7. The molecular weight excluding hydrogens is 767 g/mol. The topological polar surface area (TPSA) is 124 Å². The highest BCUT2D eigenvalue weighted by molar-refractivity contribution is 7.85. The Balaban J connectivity index is 3.82. The lowest BCUT2D eigenvalue weighted by molar-refractivity contribution is -0.131. The quantitative estimate of drug-likeness (QED) is 0.0274. The van der Waals surface area contributed by atoms with E-state index in [1.807, 2.05) is 0 Å². The Hall–Kier alpha value is -0.960. The monoisotopic (exact) mass is 870 g/mol. The summed E-state index contributed by atoms with van der Waals surface area (Å²) in [7, 11) is -4.41. The maximum atomic E-state index is 12.7. The van der Waals surface area contributed by atoms with Gasteiger partial charge in [0.15, 0.2) is 0 Å². The molecule has 0 rings (SSSR count). The van der Waals surface area contributed by atoms with Gasteiger partial charge in [-0.2, -0.15) is 8.42 Å². The van der Waals surface area contributed by atoms with Gasteiger partial charge in [-0.3, -0.25) is 9.35 Å². The molecule has 0 fully saturated rings. The highest BCUT2D eigenvalue weighted by atomic mass is 32.2. The minimum absolute atomic E-state index is 0.293. The van der Waals surface area contributed by atoms with Gasteiger partial charge in [0.2, 0.25) is 5.91 Å². The minimum Gasteiger partial charge on any atom is -0.391 e. The van der Waals surface area contributed by atoms with Crippen LogP contribution in [0, 0.1) is 0 Å². The van der Waals surface area contributed by atoms with E-state index in [0.29, 0.717) is 19.3 Å². The first-order valence-corrected chi connectivity index (χ1v) is 28.1. The summed E-state index contributed by atoms with van der Waals surface area (Å²) >= 11 is 0. The lowest BCUT2D eigenvalue weighted by atomic mass is 10.0. The predicted molar refractivity (Wildman–Crippen MR) is 259 cm³/mol. The first-order valence-electron chi connectivity index (χ1n) is 26.5. The Morgan fingerprint density at radius 3 is 1.00 bits per heavy atom. The van der Waals surface area contributed by atoms with Crippen molar-refractivity contribution in [2.45, 2.75) is 308 Å². The largest absolute Gasteiger partial charge is 0.391 e. The summed E-state index contributed by atoms with van der Waals surface area (Å²) in [5.41, 5.74) is 0. The molecule has 0 aliphatic rings. The molecule has 3 atom stereocenters. The Labute approximate surface area is 374 Å². The van der Waals surface area contributed by atoms with E-state index in [4.69, 9.17) is 0 Å². The first kappa shape index (κ1) is 59.0. The van der Waals surface area contributed by atoms with E-state index in [2.05, 4.69) is 31.3 Å². The third kappa shape index (κ3) is 45.1. The van der Waals surface area contributed by atoms with Crippen molar-refractivity contribution >= 4 is 16.0 Å². The van der Waals surface area contributed by atoms with Crippen molar-refractivity contribution in [1.29, 1.82) is 0 Å². The van der Waals surface area contributed by atoms with E-state index >= 15 is 0 Å². The molecule has 0 spiro atoms. The number of carbonyl (C=O) groups is 1. The van der Waals surface area contributed by atoms with Crippen LogP contribution in [0.1, 0.15) is 290 Å². The Morgan fingerprint density at radius 2 is 0.700 bits per heavy atom. The van der Waals surface area contributed by atoms with Crippen LogP contribution < -0.4 is 5.32 Å². The molecule has 0 aliphatic heterocycles. The van der Waals surface area contributed by atoms with Crippen LogP contribution in [0.25, 0.3) is 0 Å². The number of hydrogen-bond acceptors (Lipinski definition) is 5. The summed E-state index contributed by atoms with van der Waals surface area (Å²) in [6.45, 7) is 4.56. The molecule has 7 nitrogen and oxygen atoms in total. The molecule has 0 aromatic carbocycles. The van der Waals surface area contributed by atoms with Crippen molar-refractivity contribution in [2.75, 3.05) is 5.75 Å². The van der Waals surface area contributed by atoms with E-state index < -0.39 is 40.0 Å². The van der Waals surface area contributed by atoms with E-state index in [9.17, 15) is 28.0 Å². The fourth-order valence-electron chi connectivity index (χ4n) is 8.52. The molecule has 4 N–H and O–H groups in total. The maximum absolute atomic E-state index is 12.7. The summed E-state index contributed by atoms with van der Waals surface area (Å²) in [4.78, 5) is 12.7. The van der Waals surface area contributed by atoms with E-state index in [-0.39, 0.29) is 0 Å². The van der Waals surface area contributed by atoms with Crippen molar-refractivity contribution in [1.82, 2.24) is 5.32 Å². The molecule has 0 aliphatic carbocycles. The van der Waals surface area contributed by atoms with E-state index in [1.54, 1.807) is 0 Å². The zero-order valence-electron chi connectivity index (χ0n) is 40.0. The van der Waals surface area contributed by atoms with E-state index in [0.717, 1.165) is 51.4 Å². The molecule has 3 unspecified atom stereocenters. The third-order valence-corrected chi connectivity index (χ3v) is 13.4. The fraction of sp³-hybridized carbons (Fsp3) is 0.942. The summed E-state index contributed by atoms with van der Waals surface area (Å²) in [6, 6.07) is -1.15. The summed E-state index contributed by atoms with van der Waals surface area (Å²) < 4.78 is 32.8. The number of unbranched alkanes of at least 4 members (excludes halogenated alkanes) is 38. The third-order valence-electron chi connectivity index (χ3n) is 12.6. The standard InChI is InChI=1S/C52H103NO6S/c1-3-5-7-9-11-13-15-17-19-21-23-25-27-29-31-33-35-37-39-41-43-45-47-51(55)52(56)53-49(48-60(57,58)59)50(54)46-44-42-40-38-36-34-32-30-28-26-24-22-20-18-16-14-12-10-8-6-4-2/h29,31,49-51,54-55H,3-28,30,32-48H2,1-2H3,(H,53,56)(H,57,58,59)/b31-29-. The van der Waals surface area contributed by atoms with Crippen LogP contribution >= 0.6 is 0 Å². The van der Waals surface area contributed by atoms with Crippen LogP contribution in [0.5, 0.6) is 0 Å². The molecule has 8 heteroatoms. The van der Waals surface area contributed by atoms with Crippen molar-refractivity contribution in [3.63, 3.8) is 0 Å². The number of amides is 1. The molecule has 0 heterocycles. The van der Waals surface area contributed by atoms with Gasteiger partial charge in [0, 0.05) is 0 Å². The molecule has 0 saturated carbocycles. The molecular formula is C52H103NO6S. The molecule has 0 bridgehead atoms. The average molecular weight is 870 g/mol. The van der Waals surface area contributed by atoms with Gasteiger partial charge >= 0.3 is 0 Å². The van der Waals surface area contributed by atoms with Crippen LogP contribution in [0.15, 0.2) is 12.2 Å². The zero-order valence-corrected chi connectivity index (χ0v) is 40.8. The molecule has 0 aromatic rings. The highest BCUT2D eigenvalue weighted by Gasteiger charge is 2.28. The van der Waals surface area contributed by atoms with Crippen molar-refractivity contribution in [2.24, 2.45) is 0 Å². The molecule has 0 saturated heterocycles. The number of nitrogens with one attached hydrogen (secondary N) is 1. The first-order chi connectivity index (χ1) is 29.2. The number of hydrogen-bond donors (Lipinski definition) is 4. The summed E-state index contributed by atoms with van der Waals surface area (Å²) in [5.74, 6) is -1.45. The van der Waals surface area contributed by atoms with Gasteiger partial charge in [0.25, 0.3) is 10.1 Å². The van der Waals surface area contributed by atoms with Gasteiger partial charge in [0.05, 0.1) is 17.9 Å². The smallest absolute Gasteiger partial charge is 0.266 e. The zero-order chi connectivity index (χ0) is 44.0. The predicted octanol–water partition coefficient (Wildman–Crippen LogP) is 15.5. The normalized spacial score (nSPS) is 13.6. The SMILES string of the molecule is CCCCCCCCCCCCCC/C=C\CCCCCCCCC(O)C(=O)NC(CS(=O)(=O)O)C(O)CCCCCCCCCCCCCCCCCCCCCCC. The molecule has 358 valence electrons. The number of aliphatic hydroxyl groups is 2. The second-order valence-corrected chi connectivity index (χ2v) is 20.2. The Morgan fingerprint density at radius 1 is 0.433 bits per heavy atom. The van der Waals surface area contributed by atoms with Gasteiger partial charge in [-0.25, -0.2) is 0 Å². The number of carbonyl (C=O) groups excluding carboxylic acids is 1. The van der Waals surface area contributed by atoms with Gasteiger partial charge < -0.3 is 15.5 Å². The average Bonchev–Trinajstić information content (AvgIpc) is 3.22. The van der Waals surface area contributed by atoms with Crippen molar-refractivity contribution in [3.8, 4) is 0 Å². The van der Waals surface area contributed by atoms with Gasteiger partial charge in [-0.15, -0.1) is 0 Å². The molecule has 1 amide bonds. The lowest BCUT2D eigenvalue weighted by Gasteiger charge is -2.24. The number of rotatable bonds is 49. The van der Waals surface area contributed by atoms with Gasteiger partial charge in [-0.1, -0.05) is 264 Å². The lowest BCUT2D eigenvalue weighted by Crippen LogP contribution is -2.50. The molecule has 60 heavy (non-hydrogen) atoms. The van der Waals surface area contributed by atoms with Crippen molar-refractivity contribution < 1.29 is 28.0 Å². The summed E-state index contributed by atoms with van der Waals surface area (Å²) in [6.07, 6.45) is 55.3. The Kier molecular flexibility index (Phi) is 45.3. The van der Waals surface area contributed by atoms with Crippen LogP contribution in [-0.2, 0) is 14.9 Å². The van der Waals surface area contributed by atoms with Crippen LogP contribution in [-0.4, -0.2) is 53.1 Å². The molecule has 0 aromatic heterocycles. The van der Waals surface area contributed by atoms with Crippen molar-refractivity contribution in [3.05, 3.63) is 12.2 Å². The second kappa shape index (κ2) is 46.0. The van der Waals surface area contributed by atoms with Crippen LogP contribution in [0.2, 0.25) is 0 Å². The van der Waals surface area contributed by atoms with Gasteiger partial charge in [-0.05, 0) is 38.5 Å². The molecule has 0 radical (unpaired) electrons. The van der Waals surface area contributed by atoms with Crippen LogP contribution in [0.4, 0.5) is 0 Å². The maximum Gasteiger partial charge on any atom is 0.266 e. The highest BCUT2D eigenvalue weighted by Crippen LogP contribution is 2.18. The Bertz CT molecular complexity index is 1020. The minimum atomic E-state index is -4.41. The van der Waals surface area contributed by atoms with Crippen LogP contribution in [0.3, 0.4) is 0 Å². The van der Waals surface area contributed by atoms with E-state index in [1.165, 1.54) is 205 Å². The number of aliphatic hydroxyl groups excluding tert-OH is 2. The van der Waals surface area contributed by atoms with Gasteiger partial charge in [0.1, 0.15) is 6.10 Å². The number of allylic oxidation sites excluding steroid dienone is 2.